The predicted octanol–water partition coefficient (Wildman–Crippen LogP) is 1.82. The molecule has 114 valence electrons. The number of aromatic nitrogens is 2. The number of hydrogen-bond donors (Lipinski definition) is 2. The molecule has 0 fully saturated rings. The lowest BCUT2D eigenvalue weighted by atomic mass is 9.87. The number of aryl methyl sites for hydroxylation is 1. The van der Waals surface area contributed by atoms with E-state index in [0.717, 1.165) is 36.2 Å². The molecule has 1 aliphatic carbocycles. The number of hydrogen-bond acceptors (Lipinski definition) is 3. The van der Waals surface area contributed by atoms with Gasteiger partial charge in [0.05, 0.1) is 12.2 Å². The summed E-state index contributed by atoms with van der Waals surface area (Å²) in [5.74, 6) is 0.232. The Labute approximate surface area is 128 Å². The zero-order valence-electron chi connectivity index (χ0n) is 12.6. The maximum absolute atomic E-state index is 12.2. The fraction of sp³-hybridized carbons (Fsp3) is 0.353. The van der Waals surface area contributed by atoms with Crippen molar-refractivity contribution in [2.24, 2.45) is 5.92 Å². The molecule has 22 heavy (non-hydrogen) atoms. The number of fused-ring (bicyclic) bond motifs is 1. The van der Waals surface area contributed by atoms with E-state index in [1.54, 1.807) is 12.3 Å². The molecule has 0 spiro atoms. The summed E-state index contributed by atoms with van der Waals surface area (Å²) in [5, 5.41) is 2.75. The number of H-pyrrole nitrogens is 1. The molecule has 5 nitrogen and oxygen atoms in total. The summed E-state index contributed by atoms with van der Waals surface area (Å²) >= 11 is 0. The first-order valence-electron chi connectivity index (χ1n) is 7.56. The largest absolute Gasteiger partial charge is 0.346 e. The van der Waals surface area contributed by atoms with Crippen LogP contribution in [0.5, 0.6) is 0 Å². The molecule has 1 unspecified atom stereocenters. The molecule has 0 saturated heterocycles. The fourth-order valence-electron chi connectivity index (χ4n) is 2.82. The topological polar surface area (TPSA) is 74.8 Å². The third-order valence-corrected chi connectivity index (χ3v) is 4.07. The third-order valence-electron chi connectivity index (χ3n) is 4.07. The molecule has 0 aliphatic heterocycles. The first kappa shape index (κ1) is 14.5. The van der Waals surface area contributed by atoms with Crippen molar-refractivity contribution >= 4 is 5.91 Å². The average Bonchev–Trinajstić information content (AvgIpc) is 2.53. The van der Waals surface area contributed by atoms with Crippen LogP contribution in [0.4, 0.5) is 0 Å². The second-order valence-corrected chi connectivity index (χ2v) is 5.87. The standard InChI is InChI=1S/C17H19N3O2/c1-11-5-6-15-12(8-11)9-14(17(22)20-15)16(21)19-10-13-4-2-3-7-18-13/h2-4,7,9,11H,5-6,8,10H2,1H3,(H,19,21)(H,20,22). The number of pyridine rings is 2. The summed E-state index contributed by atoms with van der Waals surface area (Å²) in [5.41, 5.74) is 2.69. The lowest BCUT2D eigenvalue weighted by molar-refractivity contribution is 0.0948. The number of nitrogens with one attached hydrogen (secondary N) is 2. The van der Waals surface area contributed by atoms with E-state index in [0.29, 0.717) is 12.5 Å². The average molecular weight is 297 g/mol. The molecule has 2 N–H and O–H groups in total. The van der Waals surface area contributed by atoms with Crippen molar-refractivity contribution in [1.29, 1.82) is 0 Å². The number of aromatic amines is 1. The molecule has 1 atom stereocenters. The van der Waals surface area contributed by atoms with Crippen LogP contribution in [-0.4, -0.2) is 15.9 Å². The molecule has 1 amide bonds. The van der Waals surface area contributed by atoms with Crippen LogP contribution in [0, 0.1) is 5.92 Å². The van der Waals surface area contributed by atoms with E-state index in [1.807, 2.05) is 18.2 Å². The highest BCUT2D eigenvalue weighted by Crippen LogP contribution is 2.23. The molecule has 3 rings (SSSR count). The molecule has 0 aromatic carbocycles. The summed E-state index contributed by atoms with van der Waals surface area (Å²) in [7, 11) is 0. The van der Waals surface area contributed by atoms with Crippen molar-refractivity contribution in [3.63, 3.8) is 0 Å². The van der Waals surface area contributed by atoms with Crippen LogP contribution in [0.25, 0.3) is 0 Å². The van der Waals surface area contributed by atoms with Crippen LogP contribution in [-0.2, 0) is 19.4 Å². The minimum absolute atomic E-state index is 0.184. The third kappa shape index (κ3) is 3.08. The van der Waals surface area contributed by atoms with Crippen molar-refractivity contribution in [3.8, 4) is 0 Å². The van der Waals surface area contributed by atoms with Crippen LogP contribution < -0.4 is 10.9 Å². The van der Waals surface area contributed by atoms with Gasteiger partial charge in [0.15, 0.2) is 0 Å². The highest BCUT2D eigenvalue weighted by atomic mass is 16.2. The van der Waals surface area contributed by atoms with Gasteiger partial charge in [-0.1, -0.05) is 13.0 Å². The van der Waals surface area contributed by atoms with E-state index in [-0.39, 0.29) is 17.0 Å². The van der Waals surface area contributed by atoms with Gasteiger partial charge in [0, 0.05) is 11.9 Å². The van der Waals surface area contributed by atoms with Crippen LogP contribution >= 0.6 is 0 Å². The first-order chi connectivity index (χ1) is 10.6. The van der Waals surface area contributed by atoms with Crippen LogP contribution in [0.1, 0.15) is 40.7 Å². The van der Waals surface area contributed by atoms with Gasteiger partial charge in [-0.15, -0.1) is 0 Å². The minimum Gasteiger partial charge on any atom is -0.346 e. The summed E-state index contributed by atoms with van der Waals surface area (Å²) in [6.45, 7) is 2.50. The van der Waals surface area contributed by atoms with Crippen molar-refractivity contribution in [2.45, 2.75) is 32.7 Å². The highest BCUT2D eigenvalue weighted by Gasteiger charge is 2.20. The number of carbonyl (C=O) groups excluding carboxylic acids is 1. The molecule has 2 aromatic rings. The van der Waals surface area contributed by atoms with Crippen molar-refractivity contribution in [2.75, 3.05) is 0 Å². The van der Waals surface area contributed by atoms with Gasteiger partial charge in [-0.2, -0.15) is 0 Å². The lowest BCUT2D eigenvalue weighted by Gasteiger charge is -2.21. The minimum atomic E-state index is -0.354. The van der Waals surface area contributed by atoms with E-state index < -0.39 is 0 Å². The molecule has 0 saturated carbocycles. The Morgan fingerprint density at radius 1 is 1.45 bits per heavy atom. The van der Waals surface area contributed by atoms with Crippen molar-refractivity contribution in [1.82, 2.24) is 15.3 Å². The molecule has 5 heteroatoms. The van der Waals surface area contributed by atoms with Gasteiger partial charge in [0.25, 0.3) is 11.5 Å². The van der Waals surface area contributed by atoms with Gasteiger partial charge in [-0.3, -0.25) is 14.6 Å². The van der Waals surface area contributed by atoms with Crippen LogP contribution in [0.15, 0.2) is 35.3 Å². The Morgan fingerprint density at radius 3 is 3.09 bits per heavy atom. The highest BCUT2D eigenvalue weighted by molar-refractivity contribution is 5.94. The van der Waals surface area contributed by atoms with Crippen molar-refractivity contribution in [3.05, 3.63) is 63.3 Å². The van der Waals surface area contributed by atoms with Gasteiger partial charge in [-0.25, -0.2) is 0 Å². The monoisotopic (exact) mass is 297 g/mol. The quantitative estimate of drug-likeness (QED) is 0.907. The summed E-state index contributed by atoms with van der Waals surface area (Å²) < 4.78 is 0. The van der Waals surface area contributed by atoms with Gasteiger partial charge < -0.3 is 10.3 Å². The number of carbonyl (C=O) groups is 1. The van der Waals surface area contributed by atoms with E-state index in [4.69, 9.17) is 0 Å². The summed E-state index contributed by atoms with van der Waals surface area (Å²) in [6, 6.07) is 7.26. The number of rotatable bonds is 3. The van der Waals surface area contributed by atoms with Gasteiger partial charge in [0.2, 0.25) is 0 Å². The van der Waals surface area contributed by atoms with Crippen LogP contribution in [0.3, 0.4) is 0 Å². The SMILES string of the molecule is CC1CCc2[nH]c(=O)c(C(=O)NCc3ccccn3)cc2C1. The van der Waals surface area contributed by atoms with Crippen molar-refractivity contribution < 1.29 is 4.79 Å². The molecular weight excluding hydrogens is 278 g/mol. The maximum Gasteiger partial charge on any atom is 0.261 e. The Morgan fingerprint density at radius 2 is 2.32 bits per heavy atom. The molecule has 0 bridgehead atoms. The van der Waals surface area contributed by atoms with E-state index in [9.17, 15) is 9.59 Å². The predicted molar refractivity (Wildman–Crippen MR) is 83.7 cm³/mol. The fourth-order valence-corrected chi connectivity index (χ4v) is 2.82. The summed E-state index contributed by atoms with van der Waals surface area (Å²) in [6.07, 6.45) is 4.54. The first-order valence-corrected chi connectivity index (χ1v) is 7.56. The Bertz CT molecular complexity index is 737. The molecule has 1 aliphatic rings. The van der Waals surface area contributed by atoms with E-state index in [1.165, 1.54) is 0 Å². The Balaban J connectivity index is 1.78. The van der Waals surface area contributed by atoms with Gasteiger partial charge in [-0.05, 0) is 48.9 Å². The Hall–Kier alpha value is -2.43. The zero-order chi connectivity index (χ0) is 15.5. The molecule has 2 heterocycles. The smallest absolute Gasteiger partial charge is 0.261 e. The second kappa shape index (κ2) is 6.13. The maximum atomic E-state index is 12.2. The Kier molecular flexibility index (Phi) is 4.04. The van der Waals surface area contributed by atoms with Gasteiger partial charge >= 0.3 is 0 Å². The lowest BCUT2D eigenvalue weighted by Crippen LogP contribution is -2.31. The molecule has 2 aromatic heterocycles. The van der Waals surface area contributed by atoms with E-state index in [2.05, 4.69) is 22.2 Å². The number of amides is 1. The summed E-state index contributed by atoms with van der Waals surface area (Å²) in [4.78, 5) is 31.4. The number of nitrogens with zero attached hydrogens (tertiary/aromatic N) is 1. The van der Waals surface area contributed by atoms with E-state index >= 15 is 0 Å². The second-order valence-electron chi connectivity index (χ2n) is 5.87. The normalized spacial score (nSPS) is 16.9. The molecular formula is C17H19N3O2. The van der Waals surface area contributed by atoms with Gasteiger partial charge in [0.1, 0.15) is 5.56 Å². The van der Waals surface area contributed by atoms with Crippen LogP contribution in [0.2, 0.25) is 0 Å². The molecule has 0 radical (unpaired) electrons. The zero-order valence-corrected chi connectivity index (χ0v) is 12.6.